The first-order valence-electron chi connectivity index (χ1n) is 6.33. The molecule has 100 valence electrons. The number of hydrogen-bond donors (Lipinski definition) is 2. The molecule has 0 saturated carbocycles. The van der Waals surface area contributed by atoms with Gasteiger partial charge in [-0.05, 0) is 6.42 Å². The second kappa shape index (κ2) is 6.29. The molecule has 1 aliphatic heterocycles. The van der Waals surface area contributed by atoms with Crippen molar-refractivity contribution in [1.29, 1.82) is 0 Å². The van der Waals surface area contributed by atoms with Gasteiger partial charge in [0.1, 0.15) is 0 Å². The molecule has 1 aromatic carbocycles. The van der Waals surface area contributed by atoms with E-state index >= 15 is 0 Å². The first-order valence-corrected chi connectivity index (χ1v) is 6.33. The molecular weight excluding hydrogens is 232 g/mol. The Bertz CT molecular complexity index is 354. The predicted molar refractivity (Wildman–Crippen MR) is 66.9 cm³/mol. The van der Waals surface area contributed by atoms with Crippen LogP contribution in [0.5, 0.6) is 0 Å². The molecule has 2 N–H and O–H groups in total. The van der Waals surface area contributed by atoms with Gasteiger partial charge >= 0.3 is 0 Å². The minimum Gasteiger partial charge on any atom is -0.396 e. The van der Waals surface area contributed by atoms with Crippen molar-refractivity contribution in [2.45, 2.75) is 31.8 Å². The van der Waals surface area contributed by atoms with Crippen LogP contribution < -0.4 is 0 Å². The average molecular weight is 252 g/mol. The molecule has 0 amide bonds. The molecule has 1 heterocycles. The predicted octanol–water partition coefficient (Wildman–Crippen LogP) is 1.48. The Kier molecular flexibility index (Phi) is 4.72. The molecule has 0 unspecified atom stereocenters. The van der Waals surface area contributed by atoms with Gasteiger partial charge in [-0.3, -0.25) is 0 Å². The Labute approximate surface area is 107 Å². The second-order valence-electron chi connectivity index (χ2n) is 4.73. The van der Waals surface area contributed by atoms with E-state index in [1.54, 1.807) is 0 Å². The van der Waals surface area contributed by atoms with Crippen LogP contribution in [-0.2, 0) is 9.47 Å². The zero-order valence-corrected chi connectivity index (χ0v) is 10.5. The Balaban J connectivity index is 2.04. The summed E-state index contributed by atoms with van der Waals surface area (Å²) in [5.74, 6) is 0.117. The van der Waals surface area contributed by atoms with Crippen LogP contribution in [0, 0.1) is 5.92 Å². The van der Waals surface area contributed by atoms with Crippen LogP contribution in [-0.4, -0.2) is 35.6 Å². The third kappa shape index (κ3) is 3.09. The van der Waals surface area contributed by atoms with Gasteiger partial charge in [0.05, 0.1) is 18.8 Å². The highest BCUT2D eigenvalue weighted by atomic mass is 16.7. The maximum absolute atomic E-state index is 9.97. The summed E-state index contributed by atoms with van der Waals surface area (Å²) in [4.78, 5) is 0. The van der Waals surface area contributed by atoms with E-state index in [0.717, 1.165) is 5.56 Å². The summed E-state index contributed by atoms with van der Waals surface area (Å²) in [7, 11) is 0. The maximum atomic E-state index is 9.97. The summed E-state index contributed by atoms with van der Waals surface area (Å²) in [6, 6.07) is 9.68. The van der Waals surface area contributed by atoms with Gasteiger partial charge in [-0.2, -0.15) is 0 Å². The zero-order chi connectivity index (χ0) is 13.0. The fourth-order valence-electron chi connectivity index (χ4n) is 2.20. The van der Waals surface area contributed by atoms with E-state index in [4.69, 9.17) is 14.6 Å². The first kappa shape index (κ1) is 13.5. The molecule has 1 fully saturated rings. The van der Waals surface area contributed by atoms with Gasteiger partial charge in [-0.1, -0.05) is 37.3 Å². The molecule has 1 aliphatic rings. The molecule has 1 saturated heterocycles. The Morgan fingerprint density at radius 3 is 2.72 bits per heavy atom. The molecule has 0 radical (unpaired) electrons. The quantitative estimate of drug-likeness (QED) is 0.852. The summed E-state index contributed by atoms with van der Waals surface area (Å²) >= 11 is 0. The summed E-state index contributed by atoms with van der Waals surface area (Å²) in [5, 5.41) is 18.9. The molecule has 0 spiro atoms. The summed E-state index contributed by atoms with van der Waals surface area (Å²) in [6.07, 6.45) is -1.05. The number of ether oxygens (including phenoxy) is 2. The molecule has 0 aliphatic carbocycles. The smallest absolute Gasteiger partial charge is 0.184 e. The lowest BCUT2D eigenvalue weighted by Gasteiger charge is -2.37. The van der Waals surface area contributed by atoms with Gasteiger partial charge in [0.15, 0.2) is 6.29 Å². The maximum Gasteiger partial charge on any atom is 0.184 e. The standard InChI is InChI=1S/C14H20O4/c1-10-9-17-14(11-5-3-2-4-6-11)18-13(10)12(16)7-8-15/h2-6,10,12-16H,7-9H2,1H3/t10-,12-,13-,14-/m0/s1. The highest BCUT2D eigenvalue weighted by molar-refractivity contribution is 5.16. The molecule has 4 nitrogen and oxygen atoms in total. The highest BCUT2D eigenvalue weighted by Crippen LogP contribution is 2.31. The molecule has 0 aromatic heterocycles. The lowest BCUT2D eigenvalue weighted by atomic mass is 9.97. The first-order chi connectivity index (χ1) is 8.72. The van der Waals surface area contributed by atoms with E-state index in [0.29, 0.717) is 13.0 Å². The number of aliphatic hydroxyl groups is 2. The number of benzene rings is 1. The largest absolute Gasteiger partial charge is 0.396 e. The molecule has 18 heavy (non-hydrogen) atoms. The normalized spacial score (nSPS) is 30.1. The Morgan fingerprint density at radius 1 is 1.33 bits per heavy atom. The van der Waals surface area contributed by atoms with Crippen LogP contribution in [0.3, 0.4) is 0 Å². The molecule has 1 aromatic rings. The van der Waals surface area contributed by atoms with Crippen molar-refractivity contribution < 1.29 is 19.7 Å². The molecule has 0 bridgehead atoms. The van der Waals surface area contributed by atoms with E-state index in [2.05, 4.69) is 0 Å². The molecule has 4 heteroatoms. The van der Waals surface area contributed by atoms with E-state index < -0.39 is 12.4 Å². The van der Waals surface area contributed by atoms with Crippen molar-refractivity contribution in [3.05, 3.63) is 35.9 Å². The minimum atomic E-state index is -0.653. The van der Waals surface area contributed by atoms with Crippen molar-refractivity contribution in [1.82, 2.24) is 0 Å². The minimum absolute atomic E-state index is 0.0371. The monoisotopic (exact) mass is 252 g/mol. The topological polar surface area (TPSA) is 58.9 Å². The van der Waals surface area contributed by atoms with Gasteiger partial charge in [0.25, 0.3) is 0 Å². The lowest BCUT2D eigenvalue weighted by molar-refractivity contribution is -0.259. The zero-order valence-electron chi connectivity index (χ0n) is 10.5. The lowest BCUT2D eigenvalue weighted by Crippen LogP contribution is -2.42. The van der Waals surface area contributed by atoms with Crippen LogP contribution in [0.15, 0.2) is 30.3 Å². The van der Waals surface area contributed by atoms with E-state index in [1.807, 2.05) is 37.3 Å². The van der Waals surface area contributed by atoms with Crippen molar-refractivity contribution in [3.63, 3.8) is 0 Å². The van der Waals surface area contributed by atoms with Crippen LogP contribution in [0.1, 0.15) is 25.2 Å². The number of hydrogen-bond acceptors (Lipinski definition) is 4. The van der Waals surface area contributed by atoms with Crippen LogP contribution >= 0.6 is 0 Å². The van der Waals surface area contributed by atoms with E-state index in [1.165, 1.54) is 0 Å². The summed E-state index contributed by atoms with van der Waals surface area (Å²) in [5.41, 5.74) is 0.950. The Morgan fingerprint density at radius 2 is 2.06 bits per heavy atom. The van der Waals surface area contributed by atoms with Crippen LogP contribution in [0.4, 0.5) is 0 Å². The Hall–Kier alpha value is -0.940. The fraction of sp³-hybridized carbons (Fsp3) is 0.571. The summed E-state index contributed by atoms with van der Waals surface area (Å²) in [6.45, 7) is 2.49. The van der Waals surface area contributed by atoms with Crippen LogP contribution in [0.2, 0.25) is 0 Å². The number of rotatable bonds is 4. The third-order valence-electron chi connectivity index (χ3n) is 3.23. The highest BCUT2D eigenvalue weighted by Gasteiger charge is 2.34. The molecule has 4 atom stereocenters. The van der Waals surface area contributed by atoms with Crippen molar-refractivity contribution >= 4 is 0 Å². The van der Waals surface area contributed by atoms with Gasteiger partial charge in [-0.15, -0.1) is 0 Å². The molecular formula is C14H20O4. The SMILES string of the molecule is C[C@H]1CO[C@H](c2ccccc2)O[C@@H]1[C@@H](O)CCO. The van der Waals surface area contributed by atoms with E-state index in [9.17, 15) is 5.11 Å². The van der Waals surface area contributed by atoms with Gasteiger partial charge in [-0.25, -0.2) is 0 Å². The van der Waals surface area contributed by atoms with Gasteiger partial charge in [0.2, 0.25) is 0 Å². The summed E-state index contributed by atoms with van der Waals surface area (Å²) < 4.78 is 11.5. The van der Waals surface area contributed by atoms with E-state index in [-0.39, 0.29) is 18.6 Å². The third-order valence-corrected chi connectivity index (χ3v) is 3.23. The van der Waals surface area contributed by atoms with Gasteiger partial charge < -0.3 is 19.7 Å². The van der Waals surface area contributed by atoms with Gasteiger partial charge in [0, 0.05) is 18.1 Å². The van der Waals surface area contributed by atoms with Crippen molar-refractivity contribution in [2.75, 3.05) is 13.2 Å². The van der Waals surface area contributed by atoms with Crippen molar-refractivity contribution in [3.8, 4) is 0 Å². The fourth-order valence-corrected chi connectivity index (χ4v) is 2.20. The second-order valence-corrected chi connectivity index (χ2v) is 4.73. The van der Waals surface area contributed by atoms with Crippen LogP contribution in [0.25, 0.3) is 0 Å². The molecule has 2 rings (SSSR count). The van der Waals surface area contributed by atoms with Crippen molar-refractivity contribution in [2.24, 2.45) is 5.92 Å². The number of aliphatic hydroxyl groups excluding tert-OH is 2. The average Bonchev–Trinajstić information content (AvgIpc) is 2.40.